The van der Waals surface area contributed by atoms with Crippen LogP contribution in [-0.2, 0) is 6.18 Å². The largest absolute Gasteiger partial charge is 0.435 e. The first kappa shape index (κ1) is 27.0. The predicted octanol–water partition coefficient (Wildman–Crippen LogP) is 6.38. The Morgan fingerprint density at radius 1 is 0.897 bits per heavy atom. The molecule has 5 rings (SSSR count). The van der Waals surface area contributed by atoms with E-state index < -0.39 is 17.4 Å². The zero-order chi connectivity index (χ0) is 27.8. The zero-order valence-electron chi connectivity index (χ0n) is 20.9. The summed E-state index contributed by atoms with van der Waals surface area (Å²) in [4.78, 5) is 22.9. The summed E-state index contributed by atoms with van der Waals surface area (Å²) in [5.41, 5.74) is 2.57. The molecule has 8 nitrogen and oxygen atoms in total. The Morgan fingerprint density at radius 2 is 1.59 bits per heavy atom. The van der Waals surface area contributed by atoms with Crippen molar-refractivity contribution in [1.82, 2.24) is 24.7 Å². The molecule has 2 aromatic carbocycles. The highest BCUT2D eigenvalue weighted by Gasteiger charge is 2.37. The number of alkyl halides is 3. The number of aryl methyl sites for hydroxylation is 1. The number of hydrogen-bond acceptors (Lipinski definition) is 7. The molecule has 0 aliphatic rings. The molecule has 0 saturated carbocycles. The Labute approximate surface area is 222 Å². The maximum Gasteiger partial charge on any atom is 0.435 e. The van der Waals surface area contributed by atoms with Crippen LogP contribution < -0.4 is 10.1 Å². The van der Waals surface area contributed by atoms with Crippen LogP contribution in [0.25, 0.3) is 16.9 Å². The molecule has 0 atom stereocenters. The van der Waals surface area contributed by atoms with Crippen LogP contribution in [0.2, 0.25) is 0 Å². The van der Waals surface area contributed by atoms with Crippen LogP contribution in [0, 0.1) is 6.92 Å². The number of anilines is 1. The van der Waals surface area contributed by atoms with Crippen LogP contribution in [0.3, 0.4) is 0 Å². The van der Waals surface area contributed by atoms with Crippen molar-refractivity contribution < 1.29 is 22.7 Å². The Kier molecular flexibility index (Phi) is 8.30. The van der Waals surface area contributed by atoms with Crippen LogP contribution in [0.1, 0.15) is 21.6 Å². The van der Waals surface area contributed by atoms with Crippen LogP contribution >= 0.6 is 0 Å². The average molecular weight is 533 g/mol. The first-order valence-corrected chi connectivity index (χ1v) is 11.6. The molecule has 1 N–H and O–H groups in total. The number of nitrogens with one attached hydrogen (secondary N) is 1. The lowest BCUT2D eigenvalue weighted by atomic mass is 10.1. The third kappa shape index (κ3) is 7.04. The summed E-state index contributed by atoms with van der Waals surface area (Å²) in [5, 5.41) is 6.42. The number of halogens is 3. The van der Waals surface area contributed by atoms with E-state index in [4.69, 9.17) is 4.74 Å². The summed E-state index contributed by atoms with van der Waals surface area (Å²) in [6.45, 7) is 2.04. The number of pyridine rings is 1. The number of rotatable bonds is 6. The molecule has 0 bridgehead atoms. The normalized spacial score (nSPS) is 10.8. The van der Waals surface area contributed by atoms with E-state index in [0.717, 1.165) is 33.4 Å². The summed E-state index contributed by atoms with van der Waals surface area (Å²) in [6, 6.07) is 21.0. The van der Waals surface area contributed by atoms with Crippen molar-refractivity contribution in [3.63, 3.8) is 0 Å². The van der Waals surface area contributed by atoms with Gasteiger partial charge in [-0.25, -0.2) is 19.6 Å². The van der Waals surface area contributed by atoms with Gasteiger partial charge in [0.15, 0.2) is 17.8 Å². The molecule has 0 saturated heterocycles. The minimum atomic E-state index is -4.66. The van der Waals surface area contributed by atoms with E-state index in [1.807, 2.05) is 62.5 Å². The molecule has 0 radical (unpaired) electrons. The van der Waals surface area contributed by atoms with Crippen molar-refractivity contribution in [2.45, 2.75) is 13.1 Å². The summed E-state index contributed by atoms with van der Waals surface area (Å²) in [7, 11) is 1.90. The predicted molar refractivity (Wildman–Crippen MR) is 140 cm³/mol. The van der Waals surface area contributed by atoms with Gasteiger partial charge in [-0.3, -0.25) is 4.79 Å². The second kappa shape index (κ2) is 12.0. The van der Waals surface area contributed by atoms with Gasteiger partial charge in [-0.2, -0.15) is 18.3 Å². The molecule has 0 unspecified atom stereocenters. The Hall–Kier alpha value is -5.06. The first-order valence-electron chi connectivity index (χ1n) is 11.6. The second-order valence-corrected chi connectivity index (χ2v) is 8.18. The maximum atomic E-state index is 12.5. The molecule has 0 aliphatic carbocycles. The number of ether oxygens (including phenoxy) is 1. The number of carbonyl (C=O) groups excluding carboxylic acids is 1. The van der Waals surface area contributed by atoms with Gasteiger partial charge in [0, 0.05) is 43.1 Å². The fourth-order valence-electron chi connectivity index (χ4n) is 3.36. The van der Waals surface area contributed by atoms with Crippen molar-refractivity contribution in [3.05, 3.63) is 108 Å². The topological polar surface area (TPSA) is 94.8 Å². The fourth-order valence-corrected chi connectivity index (χ4v) is 3.36. The lowest BCUT2D eigenvalue weighted by molar-refractivity contribution is -0.141. The van der Waals surface area contributed by atoms with Crippen LogP contribution in [-0.4, -0.2) is 38.1 Å². The molecule has 3 heterocycles. The van der Waals surface area contributed by atoms with Crippen molar-refractivity contribution in [2.75, 3.05) is 12.4 Å². The van der Waals surface area contributed by atoms with E-state index in [2.05, 4.69) is 25.4 Å². The quantitative estimate of drug-likeness (QED) is 0.253. The summed E-state index contributed by atoms with van der Waals surface area (Å²) < 4.78 is 44.1. The molecule has 0 aliphatic heterocycles. The molecule has 11 heteroatoms. The van der Waals surface area contributed by atoms with E-state index in [1.165, 1.54) is 17.8 Å². The van der Waals surface area contributed by atoms with Gasteiger partial charge in [0.05, 0.1) is 5.56 Å². The SMILES string of the molecule is CNc1ccc(-c2cnc(Oc3ccc(C)cc3)nc2)cc1.O=Cc1cn(-c2ccccn2)nc1C(F)(F)F. The van der Waals surface area contributed by atoms with E-state index >= 15 is 0 Å². The Bertz CT molecular complexity index is 1500. The van der Waals surface area contributed by atoms with Gasteiger partial charge < -0.3 is 10.1 Å². The van der Waals surface area contributed by atoms with Crippen LogP contribution in [0.5, 0.6) is 11.8 Å². The third-order valence-electron chi connectivity index (χ3n) is 5.39. The molecule has 5 aromatic rings. The van der Waals surface area contributed by atoms with E-state index in [0.29, 0.717) is 6.01 Å². The zero-order valence-corrected chi connectivity index (χ0v) is 20.9. The fraction of sp³-hybridized carbons (Fsp3) is 0.107. The number of aromatic nitrogens is 5. The smallest absolute Gasteiger partial charge is 0.424 e. The molecule has 0 fully saturated rings. The van der Waals surface area contributed by atoms with E-state index in [9.17, 15) is 18.0 Å². The van der Waals surface area contributed by atoms with E-state index in [-0.39, 0.29) is 12.1 Å². The van der Waals surface area contributed by atoms with Crippen LogP contribution in [0.4, 0.5) is 18.9 Å². The first-order chi connectivity index (χ1) is 18.8. The van der Waals surface area contributed by atoms with Gasteiger partial charge in [0.25, 0.3) is 0 Å². The highest BCUT2D eigenvalue weighted by molar-refractivity contribution is 5.76. The molecule has 0 spiro atoms. The van der Waals surface area contributed by atoms with Gasteiger partial charge in [-0.1, -0.05) is 35.9 Å². The average Bonchev–Trinajstić information content (AvgIpc) is 3.41. The minimum absolute atomic E-state index is 0.120. The number of nitrogens with zero attached hydrogens (tertiary/aromatic N) is 5. The highest BCUT2D eigenvalue weighted by Crippen LogP contribution is 2.30. The van der Waals surface area contributed by atoms with Gasteiger partial charge in [-0.15, -0.1) is 0 Å². The number of aldehydes is 1. The molecular formula is C28H23F3N6O2. The Balaban J connectivity index is 0.000000187. The number of hydrogen-bond donors (Lipinski definition) is 1. The van der Waals surface area contributed by atoms with Gasteiger partial charge in [-0.05, 0) is 48.9 Å². The molecule has 39 heavy (non-hydrogen) atoms. The summed E-state index contributed by atoms with van der Waals surface area (Å²) in [5.74, 6) is 0.947. The molecule has 198 valence electrons. The summed E-state index contributed by atoms with van der Waals surface area (Å²) in [6.07, 6.45) is 1.42. The van der Waals surface area contributed by atoms with Crippen molar-refractivity contribution in [1.29, 1.82) is 0 Å². The molecule has 0 amide bonds. The van der Waals surface area contributed by atoms with Crippen molar-refractivity contribution >= 4 is 12.0 Å². The lowest BCUT2D eigenvalue weighted by Crippen LogP contribution is -2.09. The molecular weight excluding hydrogens is 509 g/mol. The van der Waals surface area contributed by atoms with Gasteiger partial charge in [0.2, 0.25) is 0 Å². The number of benzene rings is 2. The highest BCUT2D eigenvalue weighted by atomic mass is 19.4. The monoisotopic (exact) mass is 532 g/mol. The standard InChI is InChI=1S/C18H17N3O.C10H6F3N3O/c1-13-3-9-17(10-4-13)22-18-20-11-15(12-21-18)14-5-7-16(19-2)8-6-14;11-10(12,13)9-7(6-17)5-16(15-9)8-3-1-2-4-14-8/h3-12,19H,1-2H3;1-6H. The van der Waals surface area contributed by atoms with E-state index in [1.54, 1.807) is 24.5 Å². The van der Waals surface area contributed by atoms with Crippen molar-refractivity contribution in [2.24, 2.45) is 0 Å². The maximum absolute atomic E-state index is 12.5. The number of carbonyl (C=O) groups is 1. The minimum Gasteiger partial charge on any atom is -0.424 e. The molecule has 3 aromatic heterocycles. The Morgan fingerprint density at radius 3 is 2.13 bits per heavy atom. The van der Waals surface area contributed by atoms with Crippen molar-refractivity contribution in [3.8, 4) is 28.7 Å². The van der Waals surface area contributed by atoms with Gasteiger partial charge in [0.1, 0.15) is 5.75 Å². The lowest BCUT2D eigenvalue weighted by Gasteiger charge is -2.06. The summed E-state index contributed by atoms with van der Waals surface area (Å²) >= 11 is 0. The third-order valence-corrected chi connectivity index (χ3v) is 5.39. The van der Waals surface area contributed by atoms with Crippen LogP contribution in [0.15, 0.2) is 91.5 Å². The second-order valence-electron chi connectivity index (χ2n) is 8.18. The van der Waals surface area contributed by atoms with Gasteiger partial charge >= 0.3 is 12.2 Å².